The number of H-pyrrole nitrogens is 1. The lowest BCUT2D eigenvalue weighted by molar-refractivity contribution is 0.399. The van der Waals surface area contributed by atoms with Crippen molar-refractivity contribution >= 4 is 27.3 Å². The quantitative estimate of drug-likeness (QED) is 0.605. The van der Waals surface area contributed by atoms with E-state index in [1.54, 1.807) is 7.11 Å². The van der Waals surface area contributed by atoms with Crippen LogP contribution < -0.4 is 10.5 Å². The van der Waals surface area contributed by atoms with Gasteiger partial charge in [-0.15, -0.1) is 0 Å². The van der Waals surface area contributed by atoms with E-state index >= 15 is 0 Å². The van der Waals surface area contributed by atoms with E-state index < -0.39 is 0 Å². The van der Waals surface area contributed by atoms with Gasteiger partial charge in [-0.2, -0.15) is 0 Å². The number of pyridine rings is 1. The zero-order valence-electron chi connectivity index (χ0n) is 11.9. The Hall–Kier alpha value is -2.46. The monoisotopic (exact) mass is 279 g/mol. The highest BCUT2D eigenvalue weighted by atomic mass is 16.5. The summed E-state index contributed by atoms with van der Waals surface area (Å²) in [6, 6.07) is 12.5. The molecule has 0 radical (unpaired) electrons. The molecule has 0 spiro atoms. The Bertz CT molecular complexity index is 949. The smallest absolute Gasteiger partial charge is 0.190 e. The highest BCUT2D eigenvalue weighted by Gasteiger charge is 2.16. The lowest BCUT2D eigenvalue weighted by Crippen LogP contribution is -2.02. The Kier molecular flexibility index (Phi) is 2.65. The lowest BCUT2D eigenvalue weighted by atomic mass is 10.1. The molecular weight excluding hydrogens is 262 g/mol. The van der Waals surface area contributed by atoms with Gasteiger partial charge in [0.15, 0.2) is 5.88 Å². The number of hydrogen-bond acceptors (Lipinski definition) is 2. The number of nitrogens with zero attached hydrogens (tertiary/aromatic N) is 1. The van der Waals surface area contributed by atoms with Gasteiger partial charge in [0.25, 0.3) is 0 Å². The molecule has 0 saturated heterocycles. The van der Waals surface area contributed by atoms with Crippen LogP contribution in [0.4, 0.5) is 0 Å². The molecule has 0 aliphatic carbocycles. The molecule has 3 N–H and O–H groups in total. The molecule has 0 amide bonds. The van der Waals surface area contributed by atoms with Crippen molar-refractivity contribution in [1.82, 2.24) is 9.38 Å². The van der Waals surface area contributed by atoms with E-state index in [1.807, 2.05) is 6.07 Å². The van der Waals surface area contributed by atoms with Crippen molar-refractivity contribution in [3.05, 3.63) is 48.2 Å². The summed E-state index contributed by atoms with van der Waals surface area (Å²) in [6.45, 7) is 0.624. The maximum absolute atomic E-state index is 5.83. The Balaban J connectivity index is 2.20. The third-order valence-corrected chi connectivity index (χ3v) is 4.08. The predicted octanol–water partition coefficient (Wildman–Crippen LogP) is 3.08. The molecular formula is C17H17N3O. The van der Waals surface area contributed by atoms with Gasteiger partial charge < -0.3 is 19.9 Å². The van der Waals surface area contributed by atoms with Crippen molar-refractivity contribution in [2.45, 2.75) is 6.42 Å². The van der Waals surface area contributed by atoms with Crippen LogP contribution in [0.15, 0.2) is 42.6 Å². The van der Waals surface area contributed by atoms with Crippen LogP contribution in [-0.2, 0) is 6.42 Å². The van der Waals surface area contributed by atoms with Crippen LogP contribution in [0.2, 0.25) is 0 Å². The average molecular weight is 279 g/mol. The maximum atomic E-state index is 5.83. The molecule has 0 fully saturated rings. The zero-order chi connectivity index (χ0) is 14.4. The van der Waals surface area contributed by atoms with Crippen molar-refractivity contribution in [2.24, 2.45) is 5.73 Å². The van der Waals surface area contributed by atoms with Gasteiger partial charge >= 0.3 is 0 Å². The first-order valence-corrected chi connectivity index (χ1v) is 7.11. The zero-order valence-corrected chi connectivity index (χ0v) is 11.9. The van der Waals surface area contributed by atoms with Crippen LogP contribution in [0.3, 0.4) is 0 Å². The molecule has 1 aromatic carbocycles. The fraction of sp³-hybridized carbons (Fsp3) is 0.176. The molecule has 0 bridgehead atoms. The fourth-order valence-corrected chi connectivity index (χ4v) is 3.18. The van der Waals surface area contributed by atoms with E-state index in [0.717, 1.165) is 23.3 Å². The predicted molar refractivity (Wildman–Crippen MR) is 86.1 cm³/mol. The molecule has 3 heterocycles. The normalized spacial score (nSPS) is 11.7. The van der Waals surface area contributed by atoms with Crippen LogP contribution in [0.5, 0.6) is 5.88 Å². The molecule has 0 saturated carbocycles. The number of rotatable bonds is 3. The van der Waals surface area contributed by atoms with E-state index in [2.05, 4.69) is 45.9 Å². The number of aromatic amines is 1. The van der Waals surface area contributed by atoms with Crippen molar-refractivity contribution < 1.29 is 4.74 Å². The molecule has 4 heteroatoms. The van der Waals surface area contributed by atoms with E-state index in [0.29, 0.717) is 6.54 Å². The molecule has 21 heavy (non-hydrogen) atoms. The van der Waals surface area contributed by atoms with E-state index in [1.165, 1.54) is 21.9 Å². The van der Waals surface area contributed by atoms with E-state index in [-0.39, 0.29) is 0 Å². The SMILES string of the molecule is COc1ccc2c([nH]1)c(CCN)c1c3ccccc3cn21. The molecule has 0 unspecified atom stereocenters. The Morgan fingerprint density at radius 2 is 2.05 bits per heavy atom. The van der Waals surface area contributed by atoms with Gasteiger partial charge in [-0.1, -0.05) is 24.3 Å². The minimum absolute atomic E-state index is 0.624. The summed E-state index contributed by atoms with van der Waals surface area (Å²) in [5.41, 5.74) is 10.6. The first-order valence-electron chi connectivity index (χ1n) is 7.11. The second-order valence-corrected chi connectivity index (χ2v) is 5.24. The number of hydrogen-bond donors (Lipinski definition) is 2. The van der Waals surface area contributed by atoms with Crippen molar-refractivity contribution in [1.29, 1.82) is 0 Å². The van der Waals surface area contributed by atoms with Gasteiger partial charge in [0.2, 0.25) is 0 Å². The maximum Gasteiger partial charge on any atom is 0.190 e. The molecule has 4 rings (SSSR count). The molecule has 0 aliphatic rings. The molecule has 0 atom stereocenters. The minimum Gasteiger partial charge on any atom is -0.482 e. The molecule has 0 aliphatic heterocycles. The number of nitrogens with two attached hydrogens (primary N) is 1. The van der Waals surface area contributed by atoms with Crippen LogP contribution in [0.1, 0.15) is 5.56 Å². The fourth-order valence-electron chi connectivity index (χ4n) is 3.18. The molecule has 4 aromatic rings. The number of methoxy groups -OCH3 is 1. The first-order chi connectivity index (χ1) is 10.3. The van der Waals surface area contributed by atoms with Gasteiger partial charge in [0.05, 0.1) is 23.7 Å². The van der Waals surface area contributed by atoms with Crippen molar-refractivity contribution in [3.8, 4) is 5.88 Å². The van der Waals surface area contributed by atoms with Crippen LogP contribution in [0.25, 0.3) is 27.3 Å². The summed E-state index contributed by atoms with van der Waals surface area (Å²) in [5, 5.41) is 2.52. The average Bonchev–Trinajstić information content (AvgIpc) is 3.03. The van der Waals surface area contributed by atoms with Gasteiger partial charge in [-0.05, 0) is 19.0 Å². The van der Waals surface area contributed by atoms with Gasteiger partial charge in [-0.25, -0.2) is 0 Å². The minimum atomic E-state index is 0.624. The number of benzene rings is 1. The topological polar surface area (TPSA) is 55.5 Å². The standard InChI is InChI=1S/C17H17N3O/c1-21-15-7-6-14-16(19-15)13(8-9-18)17-12-5-3-2-4-11(12)10-20(14)17/h2-7,10,19H,8-9,18H2,1H3. The summed E-state index contributed by atoms with van der Waals surface area (Å²) < 4.78 is 7.57. The second-order valence-electron chi connectivity index (χ2n) is 5.24. The molecule has 106 valence electrons. The summed E-state index contributed by atoms with van der Waals surface area (Å²) in [6.07, 6.45) is 3.03. The Labute approximate surface area is 122 Å². The van der Waals surface area contributed by atoms with Crippen molar-refractivity contribution in [2.75, 3.05) is 13.7 Å². The van der Waals surface area contributed by atoms with Crippen LogP contribution >= 0.6 is 0 Å². The number of ether oxygens (including phenoxy) is 1. The number of nitrogens with one attached hydrogen (secondary N) is 1. The first kappa shape index (κ1) is 12.3. The number of aromatic nitrogens is 2. The summed E-state index contributed by atoms with van der Waals surface area (Å²) in [5.74, 6) is 0.762. The van der Waals surface area contributed by atoms with E-state index in [9.17, 15) is 0 Å². The van der Waals surface area contributed by atoms with Crippen LogP contribution in [-0.4, -0.2) is 23.0 Å². The van der Waals surface area contributed by atoms with Gasteiger partial charge in [0, 0.05) is 28.6 Å². The highest BCUT2D eigenvalue weighted by molar-refractivity contribution is 6.06. The van der Waals surface area contributed by atoms with Gasteiger partial charge in [0.1, 0.15) is 0 Å². The van der Waals surface area contributed by atoms with Crippen molar-refractivity contribution in [3.63, 3.8) is 0 Å². The summed E-state index contributed by atoms with van der Waals surface area (Å²) in [4.78, 5) is 3.37. The Morgan fingerprint density at radius 1 is 1.19 bits per heavy atom. The Morgan fingerprint density at radius 3 is 2.86 bits per heavy atom. The third kappa shape index (κ3) is 1.66. The third-order valence-electron chi connectivity index (χ3n) is 4.08. The molecule has 3 aromatic heterocycles. The second kappa shape index (κ2) is 4.53. The van der Waals surface area contributed by atoms with Gasteiger partial charge in [-0.3, -0.25) is 0 Å². The van der Waals surface area contributed by atoms with Crippen LogP contribution in [0, 0.1) is 0 Å². The largest absolute Gasteiger partial charge is 0.482 e. The van der Waals surface area contributed by atoms with E-state index in [4.69, 9.17) is 10.5 Å². The summed E-state index contributed by atoms with van der Waals surface area (Å²) in [7, 11) is 1.67. The number of fused-ring (bicyclic) bond motifs is 5. The lowest BCUT2D eigenvalue weighted by Gasteiger charge is -2.02. The molecule has 4 nitrogen and oxygen atoms in total. The highest BCUT2D eigenvalue weighted by Crippen LogP contribution is 2.33. The summed E-state index contributed by atoms with van der Waals surface area (Å²) >= 11 is 0.